The molecule has 3 N–H and O–H groups in total. The molecule has 1 aliphatic rings. The summed E-state index contributed by atoms with van der Waals surface area (Å²) in [7, 11) is 1.27. The second kappa shape index (κ2) is 5.36. The van der Waals surface area contributed by atoms with E-state index < -0.39 is 5.97 Å². The second-order valence-electron chi connectivity index (χ2n) is 4.92. The van der Waals surface area contributed by atoms with Crippen molar-refractivity contribution in [1.82, 2.24) is 0 Å². The van der Waals surface area contributed by atoms with Crippen LogP contribution in [0.5, 0.6) is 0 Å². The smallest absolute Gasteiger partial charge is 0.342 e. The maximum absolute atomic E-state index is 11.4. The first kappa shape index (κ1) is 14.1. The molecule has 1 unspecified atom stereocenters. The Morgan fingerprint density at radius 2 is 2.05 bits per heavy atom. The zero-order valence-corrected chi connectivity index (χ0v) is 11.8. The predicted octanol–water partition coefficient (Wildman–Crippen LogP) is 2.39. The van der Waals surface area contributed by atoms with Crippen LogP contribution in [0.15, 0.2) is 28.5 Å². The third-order valence-corrected chi connectivity index (χ3v) is 3.54. The number of aliphatic hydroxyl groups excluding tert-OH is 1. The van der Waals surface area contributed by atoms with Gasteiger partial charge in [0.1, 0.15) is 11.3 Å². The quantitative estimate of drug-likeness (QED) is 0.640. The van der Waals surface area contributed by atoms with Gasteiger partial charge in [0.15, 0.2) is 0 Å². The lowest BCUT2D eigenvalue weighted by Crippen LogP contribution is -2.16. The van der Waals surface area contributed by atoms with Crippen LogP contribution < -0.4 is 5.73 Å². The maximum Gasteiger partial charge on any atom is 0.342 e. The van der Waals surface area contributed by atoms with Gasteiger partial charge in [-0.25, -0.2) is 4.79 Å². The fraction of sp³-hybridized carbons (Fsp3) is 0.333. The van der Waals surface area contributed by atoms with Gasteiger partial charge in [-0.05, 0) is 31.0 Å². The highest BCUT2D eigenvalue weighted by atomic mass is 16.5. The molecule has 0 aliphatic carbocycles. The number of aliphatic hydroxyl groups is 1. The summed E-state index contributed by atoms with van der Waals surface area (Å²) >= 11 is 0. The fourth-order valence-electron chi connectivity index (χ4n) is 2.20. The first-order valence-electron chi connectivity index (χ1n) is 6.34. The molecule has 1 aromatic rings. The SMILES string of the molecule is COC(=O)C1=C(O)CC(c2cc(C)c(C)cc2N)N=C1. The molecule has 5 nitrogen and oxygen atoms in total. The number of aliphatic imine (C=N–C) groups is 1. The van der Waals surface area contributed by atoms with Gasteiger partial charge in [-0.1, -0.05) is 6.07 Å². The average Bonchev–Trinajstić information content (AvgIpc) is 2.42. The van der Waals surface area contributed by atoms with Gasteiger partial charge >= 0.3 is 5.97 Å². The summed E-state index contributed by atoms with van der Waals surface area (Å²) in [5.41, 5.74) is 9.86. The summed E-state index contributed by atoms with van der Waals surface area (Å²) in [6.45, 7) is 3.99. The minimum absolute atomic E-state index is 0.0190. The lowest BCUT2D eigenvalue weighted by molar-refractivity contribution is -0.135. The van der Waals surface area contributed by atoms with Crippen molar-refractivity contribution in [2.24, 2.45) is 4.99 Å². The van der Waals surface area contributed by atoms with Gasteiger partial charge in [0.2, 0.25) is 0 Å². The molecule has 1 atom stereocenters. The van der Waals surface area contributed by atoms with E-state index in [1.54, 1.807) is 0 Å². The van der Waals surface area contributed by atoms with Crippen LogP contribution in [-0.4, -0.2) is 24.4 Å². The van der Waals surface area contributed by atoms with Crippen molar-refractivity contribution in [3.8, 4) is 0 Å². The first-order valence-corrected chi connectivity index (χ1v) is 6.34. The Balaban J connectivity index is 2.32. The molecular weight excluding hydrogens is 256 g/mol. The highest BCUT2D eigenvalue weighted by molar-refractivity contribution is 6.10. The topological polar surface area (TPSA) is 84.9 Å². The maximum atomic E-state index is 11.4. The van der Waals surface area contributed by atoms with E-state index in [1.165, 1.54) is 13.3 Å². The van der Waals surface area contributed by atoms with Gasteiger partial charge in [-0.3, -0.25) is 4.99 Å². The molecule has 106 valence electrons. The number of aryl methyl sites for hydroxylation is 2. The normalized spacial score (nSPS) is 18.2. The van der Waals surface area contributed by atoms with Crippen molar-refractivity contribution < 1.29 is 14.6 Å². The lowest BCUT2D eigenvalue weighted by Gasteiger charge is -2.20. The van der Waals surface area contributed by atoms with Crippen LogP contribution in [0, 0.1) is 13.8 Å². The van der Waals surface area contributed by atoms with Gasteiger partial charge in [0.25, 0.3) is 0 Å². The number of esters is 1. The molecule has 0 aromatic heterocycles. The largest absolute Gasteiger partial charge is 0.511 e. The van der Waals surface area contributed by atoms with Crippen molar-refractivity contribution in [3.05, 3.63) is 40.2 Å². The molecule has 20 heavy (non-hydrogen) atoms. The van der Waals surface area contributed by atoms with Crippen LogP contribution in [0.4, 0.5) is 5.69 Å². The molecule has 1 aromatic carbocycles. The number of carbonyl (C=O) groups excluding carboxylic acids is 1. The Hall–Kier alpha value is -2.30. The molecule has 0 amide bonds. The molecule has 2 rings (SSSR count). The summed E-state index contributed by atoms with van der Waals surface area (Å²) in [5, 5.41) is 9.96. The highest BCUT2D eigenvalue weighted by Crippen LogP contribution is 2.33. The van der Waals surface area contributed by atoms with Gasteiger partial charge in [-0.15, -0.1) is 0 Å². The Morgan fingerprint density at radius 3 is 2.65 bits per heavy atom. The number of nitrogen functional groups attached to an aromatic ring is 1. The molecule has 1 heterocycles. The van der Waals surface area contributed by atoms with E-state index in [4.69, 9.17) is 5.73 Å². The monoisotopic (exact) mass is 274 g/mol. The van der Waals surface area contributed by atoms with E-state index in [1.807, 2.05) is 26.0 Å². The van der Waals surface area contributed by atoms with E-state index >= 15 is 0 Å². The Bertz CT molecular complexity index is 618. The molecule has 0 fully saturated rings. The Morgan fingerprint density at radius 1 is 1.40 bits per heavy atom. The van der Waals surface area contributed by atoms with E-state index in [2.05, 4.69) is 9.73 Å². The number of dihydropyridines is 1. The van der Waals surface area contributed by atoms with Crippen molar-refractivity contribution >= 4 is 17.9 Å². The van der Waals surface area contributed by atoms with Crippen molar-refractivity contribution in [3.63, 3.8) is 0 Å². The molecule has 5 heteroatoms. The van der Waals surface area contributed by atoms with Crippen LogP contribution in [0.25, 0.3) is 0 Å². The Kier molecular flexibility index (Phi) is 3.79. The van der Waals surface area contributed by atoms with Crippen molar-refractivity contribution in [2.45, 2.75) is 26.3 Å². The number of nitrogens with two attached hydrogens (primary N) is 1. The van der Waals surface area contributed by atoms with Crippen LogP contribution in [0.2, 0.25) is 0 Å². The van der Waals surface area contributed by atoms with E-state index in [0.29, 0.717) is 5.69 Å². The predicted molar refractivity (Wildman–Crippen MR) is 77.8 cm³/mol. The van der Waals surface area contributed by atoms with Gasteiger partial charge in [0, 0.05) is 23.9 Å². The molecule has 0 saturated carbocycles. The second-order valence-corrected chi connectivity index (χ2v) is 4.92. The molecule has 1 aliphatic heterocycles. The molecular formula is C15H18N2O3. The zero-order chi connectivity index (χ0) is 14.9. The van der Waals surface area contributed by atoms with Crippen LogP contribution in [0.3, 0.4) is 0 Å². The van der Waals surface area contributed by atoms with E-state index in [0.717, 1.165) is 16.7 Å². The number of carbonyl (C=O) groups is 1. The number of methoxy groups -OCH3 is 1. The highest BCUT2D eigenvalue weighted by Gasteiger charge is 2.24. The van der Waals surface area contributed by atoms with Crippen LogP contribution >= 0.6 is 0 Å². The first-order chi connectivity index (χ1) is 9.43. The standard InChI is InChI=1S/C15H18N2O3/c1-8-4-10(12(16)5-9(8)2)13-6-14(18)11(7-17-13)15(19)20-3/h4-5,7,13,18H,6,16H2,1-3H3. The van der Waals surface area contributed by atoms with E-state index in [9.17, 15) is 9.90 Å². The fourth-order valence-corrected chi connectivity index (χ4v) is 2.20. The minimum Gasteiger partial charge on any atom is -0.511 e. The van der Waals surface area contributed by atoms with Gasteiger partial charge < -0.3 is 15.6 Å². The number of rotatable bonds is 2. The van der Waals surface area contributed by atoms with E-state index in [-0.39, 0.29) is 23.8 Å². The number of hydrogen-bond donors (Lipinski definition) is 2. The number of benzene rings is 1. The summed E-state index contributed by atoms with van der Waals surface area (Å²) in [5.74, 6) is -0.604. The van der Waals surface area contributed by atoms with Gasteiger partial charge in [0.05, 0.1) is 13.2 Å². The zero-order valence-electron chi connectivity index (χ0n) is 11.8. The minimum atomic E-state index is -0.585. The lowest BCUT2D eigenvalue weighted by atomic mass is 9.94. The average molecular weight is 274 g/mol. The molecule has 0 spiro atoms. The molecule has 0 radical (unpaired) electrons. The number of nitrogens with zero attached hydrogens (tertiary/aromatic N) is 1. The Labute approximate surface area is 117 Å². The summed E-state index contributed by atoms with van der Waals surface area (Å²) in [4.78, 5) is 15.7. The number of ether oxygens (including phenoxy) is 1. The van der Waals surface area contributed by atoms with Crippen LogP contribution in [-0.2, 0) is 9.53 Å². The number of hydrogen-bond acceptors (Lipinski definition) is 5. The number of anilines is 1. The third kappa shape index (κ3) is 2.52. The summed E-state index contributed by atoms with van der Waals surface area (Å²) in [6, 6.07) is 3.60. The van der Waals surface area contributed by atoms with Crippen molar-refractivity contribution in [2.75, 3.05) is 12.8 Å². The van der Waals surface area contributed by atoms with Crippen LogP contribution in [0.1, 0.15) is 29.2 Å². The molecule has 0 saturated heterocycles. The van der Waals surface area contributed by atoms with Crippen molar-refractivity contribution in [1.29, 1.82) is 0 Å². The summed E-state index contributed by atoms with van der Waals surface area (Å²) < 4.78 is 4.59. The molecule has 0 bridgehead atoms. The third-order valence-electron chi connectivity index (χ3n) is 3.54. The van der Waals surface area contributed by atoms with Gasteiger partial charge in [-0.2, -0.15) is 0 Å². The summed E-state index contributed by atoms with van der Waals surface area (Å²) in [6.07, 6.45) is 1.59.